The van der Waals surface area contributed by atoms with Gasteiger partial charge in [0.25, 0.3) is 0 Å². The van der Waals surface area contributed by atoms with Gasteiger partial charge in [0.1, 0.15) is 5.75 Å². The lowest BCUT2D eigenvalue weighted by Crippen LogP contribution is -2.10. The van der Waals surface area contributed by atoms with Crippen LogP contribution < -0.4 is 4.74 Å². The summed E-state index contributed by atoms with van der Waals surface area (Å²) in [6.07, 6.45) is 0.864. The normalized spacial score (nSPS) is 10.5. The number of ether oxygens (including phenoxy) is 2. The van der Waals surface area contributed by atoms with Gasteiger partial charge in [-0.05, 0) is 36.2 Å². The maximum Gasteiger partial charge on any atom is 0.210 e. The molecular weight excluding hydrogens is 296 g/mol. The van der Waals surface area contributed by atoms with Crippen molar-refractivity contribution in [1.29, 1.82) is 0 Å². The number of benzene rings is 1. The Balaban J connectivity index is 1.86. The fourth-order valence-electron chi connectivity index (χ4n) is 1.66. The molecule has 0 aliphatic rings. The molecule has 0 saturated heterocycles. The van der Waals surface area contributed by atoms with Gasteiger partial charge in [-0.15, -0.1) is 11.3 Å². The third-order valence-electron chi connectivity index (χ3n) is 2.74. The van der Waals surface area contributed by atoms with Crippen molar-refractivity contribution in [3.8, 4) is 5.75 Å². The minimum Gasteiger partial charge on any atom is -0.485 e. The number of carbonyl (C=O) groups excluding carboxylic acids is 1. The van der Waals surface area contributed by atoms with Crippen LogP contribution in [0.15, 0.2) is 36.4 Å². The molecule has 0 amide bonds. The second-order valence-corrected chi connectivity index (χ2v) is 5.92. The van der Waals surface area contributed by atoms with E-state index in [0.717, 1.165) is 6.42 Å². The van der Waals surface area contributed by atoms with E-state index in [4.69, 9.17) is 21.1 Å². The van der Waals surface area contributed by atoms with Gasteiger partial charge in [-0.2, -0.15) is 0 Å². The van der Waals surface area contributed by atoms with Crippen molar-refractivity contribution in [1.82, 2.24) is 0 Å². The fourth-order valence-corrected chi connectivity index (χ4v) is 2.62. The molecule has 0 atom stereocenters. The van der Waals surface area contributed by atoms with E-state index in [0.29, 0.717) is 21.6 Å². The first-order valence-corrected chi connectivity index (χ1v) is 7.37. The summed E-state index contributed by atoms with van der Waals surface area (Å²) in [5, 5.41) is 0. The number of hydrogen-bond donors (Lipinski definition) is 0. The number of methoxy groups -OCH3 is 1. The SMILES string of the molecule is COCCc1ccc(OCC(=O)c2ccc(Cl)s2)cc1. The number of hydrogen-bond acceptors (Lipinski definition) is 4. The fraction of sp³-hybridized carbons (Fsp3) is 0.267. The molecule has 0 saturated carbocycles. The summed E-state index contributed by atoms with van der Waals surface area (Å²) < 4.78 is 11.1. The van der Waals surface area contributed by atoms with E-state index in [9.17, 15) is 4.79 Å². The van der Waals surface area contributed by atoms with Crippen LogP contribution in [0.3, 0.4) is 0 Å². The van der Waals surface area contributed by atoms with Crippen molar-refractivity contribution in [2.45, 2.75) is 6.42 Å². The molecule has 2 rings (SSSR count). The van der Waals surface area contributed by atoms with Gasteiger partial charge in [0.05, 0.1) is 15.8 Å². The Hall–Kier alpha value is -1.36. The van der Waals surface area contributed by atoms with E-state index in [1.165, 1.54) is 16.9 Å². The molecule has 106 valence electrons. The van der Waals surface area contributed by atoms with Crippen LogP contribution in [0.1, 0.15) is 15.2 Å². The zero-order valence-electron chi connectivity index (χ0n) is 11.1. The Bertz CT molecular complexity index is 563. The first-order chi connectivity index (χ1) is 9.69. The molecule has 0 bridgehead atoms. The van der Waals surface area contributed by atoms with Gasteiger partial charge in [0.15, 0.2) is 6.61 Å². The van der Waals surface area contributed by atoms with E-state index < -0.39 is 0 Å². The first-order valence-electron chi connectivity index (χ1n) is 6.18. The van der Waals surface area contributed by atoms with E-state index in [2.05, 4.69) is 0 Å². The molecule has 1 aromatic carbocycles. The lowest BCUT2D eigenvalue weighted by Gasteiger charge is -2.06. The van der Waals surface area contributed by atoms with Crippen LogP contribution in [0.25, 0.3) is 0 Å². The monoisotopic (exact) mass is 310 g/mol. The number of halogens is 1. The Kier molecular flexibility index (Phi) is 5.59. The molecule has 0 spiro atoms. The lowest BCUT2D eigenvalue weighted by atomic mass is 10.1. The van der Waals surface area contributed by atoms with Crippen molar-refractivity contribution in [3.63, 3.8) is 0 Å². The smallest absolute Gasteiger partial charge is 0.210 e. The summed E-state index contributed by atoms with van der Waals surface area (Å²) in [6.45, 7) is 0.714. The average molecular weight is 311 g/mol. The molecule has 0 radical (unpaired) electrons. The van der Waals surface area contributed by atoms with E-state index in [1.54, 1.807) is 19.2 Å². The van der Waals surface area contributed by atoms with Crippen LogP contribution in [-0.4, -0.2) is 26.1 Å². The Labute approximate surface area is 127 Å². The third kappa shape index (κ3) is 4.34. The standard InChI is InChI=1S/C15H15ClO3S/c1-18-9-8-11-2-4-12(5-3-11)19-10-13(17)14-6-7-15(16)20-14/h2-7H,8-10H2,1H3. The summed E-state index contributed by atoms with van der Waals surface area (Å²) in [5.41, 5.74) is 1.18. The van der Waals surface area contributed by atoms with E-state index in [-0.39, 0.29) is 12.4 Å². The molecule has 0 unspecified atom stereocenters. The lowest BCUT2D eigenvalue weighted by molar-refractivity contribution is 0.0925. The van der Waals surface area contributed by atoms with Crippen LogP contribution in [0.5, 0.6) is 5.75 Å². The average Bonchev–Trinajstić information content (AvgIpc) is 2.90. The highest BCUT2D eigenvalue weighted by Gasteiger charge is 2.09. The number of rotatable bonds is 7. The highest BCUT2D eigenvalue weighted by Crippen LogP contribution is 2.22. The Morgan fingerprint density at radius 1 is 1.20 bits per heavy atom. The molecule has 3 nitrogen and oxygen atoms in total. The number of ketones is 1. The Morgan fingerprint density at radius 2 is 1.95 bits per heavy atom. The molecule has 0 aliphatic carbocycles. The third-order valence-corrected chi connectivity index (χ3v) is 4.01. The van der Waals surface area contributed by atoms with Crippen molar-refractivity contribution in [3.05, 3.63) is 51.2 Å². The van der Waals surface area contributed by atoms with Crippen molar-refractivity contribution >= 4 is 28.7 Å². The predicted octanol–water partition coefficient (Wildman–Crippen LogP) is 3.85. The van der Waals surface area contributed by atoms with Crippen LogP contribution in [0.2, 0.25) is 4.34 Å². The van der Waals surface area contributed by atoms with Gasteiger partial charge in [-0.1, -0.05) is 23.7 Å². The molecule has 0 aliphatic heterocycles. The molecule has 20 heavy (non-hydrogen) atoms. The topological polar surface area (TPSA) is 35.5 Å². The molecular formula is C15H15ClO3S. The van der Waals surface area contributed by atoms with Gasteiger partial charge >= 0.3 is 0 Å². The van der Waals surface area contributed by atoms with Crippen molar-refractivity contribution < 1.29 is 14.3 Å². The van der Waals surface area contributed by atoms with Crippen LogP contribution >= 0.6 is 22.9 Å². The first kappa shape index (κ1) is 15.0. The van der Waals surface area contributed by atoms with Crippen molar-refractivity contribution in [2.24, 2.45) is 0 Å². The summed E-state index contributed by atoms with van der Waals surface area (Å²) in [6, 6.07) is 11.1. The number of thiophene rings is 1. The second-order valence-electron chi connectivity index (χ2n) is 4.20. The maximum atomic E-state index is 11.8. The summed E-state index contributed by atoms with van der Waals surface area (Å²) >= 11 is 7.06. The molecule has 5 heteroatoms. The Morgan fingerprint density at radius 3 is 2.55 bits per heavy atom. The summed E-state index contributed by atoms with van der Waals surface area (Å²) in [5.74, 6) is 0.618. The van der Waals surface area contributed by atoms with Crippen LogP contribution in [0.4, 0.5) is 0 Å². The molecule has 1 heterocycles. The highest BCUT2D eigenvalue weighted by atomic mass is 35.5. The zero-order valence-corrected chi connectivity index (χ0v) is 12.7. The minimum atomic E-state index is -0.0645. The second kappa shape index (κ2) is 7.43. The van der Waals surface area contributed by atoms with E-state index >= 15 is 0 Å². The van der Waals surface area contributed by atoms with Gasteiger partial charge in [0.2, 0.25) is 5.78 Å². The highest BCUT2D eigenvalue weighted by molar-refractivity contribution is 7.18. The minimum absolute atomic E-state index is 0.0221. The number of Topliss-reactive ketones (excluding diaryl/α,β-unsaturated/α-hetero) is 1. The van der Waals surface area contributed by atoms with Gasteiger partial charge in [-0.3, -0.25) is 4.79 Å². The zero-order chi connectivity index (χ0) is 14.4. The predicted molar refractivity (Wildman–Crippen MR) is 81.2 cm³/mol. The van der Waals surface area contributed by atoms with Crippen molar-refractivity contribution in [2.75, 3.05) is 20.3 Å². The van der Waals surface area contributed by atoms with Gasteiger partial charge in [-0.25, -0.2) is 0 Å². The van der Waals surface area contributed by atoms with Gasteiger partial charge < -0.3 is 9.47 Å². The molecule has 1 aromatic heterocycles. The molecule has 2 aromatic rings. The van der Waals surface area contributed by atoms with Gasteiger partial charge in [0, 0.05) is 7.11 Å². The largest absolute Gasteiger partial charge is 0.485 e. The van der Waals surface area contributed by atoms with Crippen LogP contribution in [-0.2, 0) is 11.2 Å². The van der Waals surface area contributed by atoms with E-state index in [1.807, 2.05) is 24.3 Å². The number of carbonyl (C=O) groups is 1. The molecule has 0 fully saturated rings. The maximum absolute atomic E-state index is 11.8. The summed E-state index contributed by atoms with van der Waals surface area (Å²) in [7, 11) is 1.68. The summed E-state index contributed by atoms with van der Waals surface area (Å²) in [4.78, 5) is 12.5. The molecule has 0 N–H and O–H groups in total. The van der Waals surface area contributed by atoms with Crippen LogP contribution in [0, 0.1) is 0 Å². The quantitative estimate of drug-likeness (QED) is 0.729.